The van der Waals surface area contributed by atoms with Gasteiger partial charge in [0.15, 0.2) is 0 Å². The van der Waals surface area contributed by atoms with Crippen molar-refractivity contribution < 1.29 is 8.42 Å². The first-order valence-electron chi connectivity index (χ1n) is 6.81. The van der Waals surface area contributed by atoms with Crippen LogP contribution < -0.4 is 15.6 Å². The van der Waals surface area contributed by atoms with Gasteiger partial charge in [0, 0.05) is 19.6 Å². The van der Waals surface area contributed by atoms with Crippen LogP contribution >= 0.6 is 11.6 Å². The molecule has 2 N–H and O–H groups in total. The maximum absolute atomic E-state index is 12.2. The Labute approximate surface area is 128 Å². The summed E-state index contributed by atoms with van der Waals surface area (Å²) in [6.07, 6.45) is 5.39. The summed E-state index contributed by atoms with van der Waals surface area (Å²) in [4.78, 5) is 12.2. The Morgan fingerprint density at radius 2 is 2.14 bits per heavy atom. The summed E-state index contributed by atoms with van der Waals surface area (Å²) in [5, 5.41) is 7.28. The van der Waals surface area contributed by atoms with Crippen LogP contribution in [-0.4, -0.2) is 37.5 Å². The average Bonchev–Trinajstić information content (AvgIpc) is 3.19. The van der Waals surface area contributed by atoms with E-state index in [0.29, 0.717) is 37.7 Å². The zero-order valence-corrected chi connectivity index (χ0v) is 13.4. The van der Waals surface area contributed by atoms with E-state index in [1.165, 1.54) is 10.9 Å². The minimum absolute atomic E-state index is 0.231. The maximum atomic E-state index is 12.2. The monoisotopic (exact) mass is 334 g/mol. The largest absolute Gasteiger partial charge is 0.379 e. The third-order valence-electron chi connectivity index (χ3n) is 3.15. The molecule has 1 saturated carbocycles. The van der Waals surface area contributed by atoms with Gasteiger partial charge in [0.1, 0.15) is 5.69 Å². The van der Waals surface area contributed by atoms with Gasteiger partial charge in [-0.1, -0.05) is 11.6 Å². The SMILES string of the molecule is CS(=O)(=O)NCCCNc1c(Cl)cnn(CC2CC2)c1=O. The number of nitrogens with zero attached hydrogens (tertiary/aromatic N) is 2. The average molecular weight is 335 g/mol. The Bertz CT molecular complexity index is 655. The van der Waals surface area contributed by atoms with Gasteiger partial charge in [-0.3, -0.25) is 4.79 Å². The van der Waals surface area contributed by atoms with Gasteiger partial charge in [0.05, 0.1) is 17.5 Å². The molecule has 1 heterocycles. The molecule has 118 valence electrons. The number of aromatic nitrogens is 2. The van der Waals surface area contributed by atoms with Crippen molar-refractivity contribution >= 4 is 27.3 Å². The second-order valence-electron chi connectivity index (χ2n) is 5.24. The minimum Gasteiger partial charge on any atom is -0.379 e. The molecule has 0 radical (unpaired) electrons. The Balaban J connectivity index is 1.91. The van der Waals surface area contributed by atoms with Gasteiger partial charge in [0.2, 0.25) is 10.0 Å². The summed E-state index contributed by atoms with van der Waals surface area (Å²) >= 11 is 5.99. The van der Waals surface area contributed by atoms with E-state index in [2.05, 4.69) is 15.1 Å². The lowest BCUT2D eigenvalue weighted by Crippen LogP contribution is -2.28. The Morgan fingerprint density at radius 3 is 2.76 bits per heavy atom. The van der Waals surface area contributed by atoms with Crippen molar-refractivity contribution in [2.45, 2.75) is 25.8 Å². The van der Waals surface area contributed by atoms with Gasteiger partial charge in [-0.05, 0) is 25.2 Å². The molecule has 1 aromatic rings. The number of anilines is 1. The first-order chi connectivity index (χ1) is 9.87. The zero-order valence-electron chi connectivity index (χ0n) is 11.8. The Kier molecular flexibility index (Phi) is 5.23. The Morgan fingerprint density at radius 1 is 1.43 bits per heavy atom. The van der Waals surface area contributed by atoms with Crippen molar-refractivity contribution in [2.75, 3.05) is 24.7 Å². The molecular formula is C12H19ClN4O3S. The molecule has 0 aromatic carbocycles. The molecule has 2 rings (SSSR count). The summed E-state index contributed by atoms with van der Waals surface area (Å²) in [5.41, 5.74) is 0.0946. The lowest BCUT2D eigenvalue weighted by molar-refractivity contribution is 0.534. The molecule has 0 atom stereocenters. The van der Waals surface area contributed by atoms with Crippen molar-refractivity contribution in [3.63, 3.8) is 0 Å². The molecular weight excluding hydrogens is 316 g/mol. The topological polar surface area (TPSA) is 93.1 Å². The van der Waals surface area contributed by atoms with E-state index in [9.17, 15) is 13.2 Å². The number of nitrogens with one attached hydrogen (secondary N) is 2. The van der Waals surface area contributed by atoms with Crippen LogP contribution in [0.2, 0.25) is 5.02 Å². The summed E-state index contributed by atoms with van der Waals surface area (Å²) < 4.78 is 25.6. The van der Waals surface area contributed by atoms with Crippen LogP contribution in [0.3, 0.4) is 0 Å². The molecule has 0 spiro atoms. The van der Waals surface area contributed by atoms with Gasteiger partial charge < -0.3 is 5.32 Å². The predicted molar refractivity (Wildman–Crippen MR) is 82.2 cm³/mol. The molecule has 9 heteroatoms. The Hall–Kier alpha value is -1.12. The molecule has 0 saturated heterocycles. The van der Waals surface area contributed by atoms with Gasteiger partial charge in [-0.2, -0.15) is 5.10 Å². The van der Waals surface area contributed by atoms with E-state index < -0.39 is 10.0 Å². The first kappa shape index (κ1) is 16.3. The first-order valence-corrected chi connectivity index (χ1v) is 9.08. The summed E-state index contributed by atoms with van der Waals surface area (Å²) in [6, 6.07) is 0. The fraction of sp³-hybridized carbons (Fsp3) is 0.667. The van der Waals surface area contributed by atoms with Crippen LogP contribution in [0.25, 0.3) is 0 Å². The van der Waals surface area contributed by atoms with Crippen LogP contribution in [0, 0.1) is 5.92 Å². The molecule has 1 aliphatic carbocycles. The fourth-order valence-corrected chi connectivity index (χ4v) is 2.57. The van der Waals surface area contributed by atoms with Gasteiger partial charge in [-0.25, -0.2) is 17.8 Å². The molecule has 0 unspecified atom stereocenters. The van der Waals surface area contributed by atoms with Gasteiger partial charge >= 0.3 is 0 Å². The minimum atomic E-state index is -3.18. The van der Waals surface area contributed by atoms with Gasteiger partial charge in [0.25, 0.3) is 5.56 Å². The number of hydrogen-bond donors (Lipinski definition) is 2. The van der Waals surface area contributed by atoms with E-state index in [0.717, 1.165) is 19.1 Å². The van der Waals surface area contributed by atoms with Crippen molar-refractivity contribution in [1.82, 2.24) is 14.5 Å². The molecule has 7 nitrogen and oxygen atoms in total. The van der Waals surface area contributed by atoms with Crippen molar-refractivity contribution in [2.24, 2.45) is 5.92 Å². The van der Waals surface area contributed by atoms with E-state index in [1.54, 1.807) is 0 Å². The normalized spacial score (nSPS) is 15.1. The molecule has 1 fully saturated rings. The van der Waals surface area contributed by atoms with E-state index >= 15 is 0 Å². The fourth-order valence-electron chi connectivity index (χ4n) is 1.86. The van der Waals surface area contributed by atoms with Crippen LogP contribution in [-0.2, 0) is 16.6 Å². The third-order valence-corrected chi connectivity index (χ3v) is 4.16. The quantitative estimate of drug-likeness (QED) is 0.681. The highest BCUT2D eigenvalue weighted by molar-refractivity contribution is 7.88. The second kappa shape index (κ2) is 6.76. The lowest BCUT2D eigenvalue weighted by Gasteiger charge is -2.10. The second-order valence-corrected chi connectivity index (χ2v) is 7.49. The number of halogens is 1. The highest BCUT2D eigenvalue weighted by atomic mass is 35.5. The number of rotatable bonds is 8. The van der Waals surface area contributed by atoms with Crippen LogP contribution in [0.5, 0.6) is 0 Å². The third kappa shape index (κ3) is 5.29. The van der Waals surface area contributed by atoms with Gasteiger partial charge in [-0.15, -0.1) is 0 Å². The van der Waals surface area contributed by atoms with Crippen LogP contribution in [0.1, 0.15) is 19.3 Å². The highest BCUT2D eigenvalue weighted by Gasteiger charge is 2.23. The number of hydrogen-bond acceptors (Lipinski definition) is 5. The van der Waals surface area contributed by atoms with Crippen LogP contribution in [0.4, 0.5) is 5.69 Å². The summed E-state index contributed by atoms with van der Waals surface area (Å²) in [5.74, 6) is 0.545. The van der Waals surface area contributed by atoms with Crippen LogP contribution in [0.15, 0.2) is 11.0 Å². The maximum Gasteiger partial charge on any atom is 0.291 e. The highest BCUT2D eigenvalue weighted by Crippen LogP contribution is 2.30. The lowest BCUT2D eigenvalue weighted by atomic mass is 10.3. The molecule has 0 amide bonds. The molecule has 21 heavy (non-hydrogen) atoms. The molecule has 1 aliphatic rings. The summed E-state index contributed by atoms with van der Waals surface area (Å²) in [7, 11) is -3.18. The smallest absolute Gasteiger partial charge is 0.291 e. The standard InChI is InChI=1S/C12H19ClN4O3S/c1-21(19,20)16-6-2-5-14-11-10(13)7-15-17(12(11)18)8-9-3-4-9/h7,9,14,16H,2-6,8H2,1H3. The molecule has 0 bridgehead atoms. The summed E-state index contributed by atoms with van der Waals surface area (Å²) in [6.45, 7) is 1.38. The van der Waals surface area contributed by atoms with Crippen molar-refractivity contribution in [3.05, 3.63) is 21.6 Å². The van der Waals surface area contributed by atoms with E-state index in [-0.39, 0.29) is 10.6 Å². The van der Waals surface area contributed by atoms with E-state index in [4.69, 9.17) is 11.6 Å². The molecule has 1 aromatic heterocycles. The number of sulfonamides is 1. The predicted octanol–water partition coefficient (Wildman–Crippen LogP) is 0.658. The van der Waals surface area contributed by atoms with E-state index in [1.807, 2.05) is 0 Å². The zero-order chi connectivity index (χ0) is 15.5. The van der Waals surface area contributed by atoms with Crippen molar-refractivity contribution in [1.29, 1.82) is 0 Å². The van der Waals surface area contributed by atoms with Crippen molar-refractivity contribution in [3.8, 4) is 0 Å². The molecule has 0 aliphatic heterocycles.